The van der Waals surface area contributed by atoms with Crippen molar-refractivity contribution in [3.05, 3.63) is 90.5 Å². The molecule has 6 nitrogen and oxygen atoms in total. The van der Waals surface area contributed by atoms with Gasteiger partial charge in [0.05, 0.1) is 17.7 Å². The van der Waals surface area contributed by atoms with E-state index in [0.717, 1.165) is 5.56 Å². The Morgan fingerprint density at radius 2 is 1.70 bits per heavy atom. The molecule has 3 aromatic rings. The first-order valence-electron chi connectivity index (χ1n) is 9.17. The van der Waals surface area contributed by atoms with Crippen LogP contribution in [0.4, 0.5) is 11.4 Å². The van der Waals surface area contributed by atoms with E-state index in [9.17, 15) is 13.2 Å². The number of ether oxygens (including phenoxy) is 1. The molecule has 1 N–H and O–H groups in total. The van der Waals surface area contributed by atoms with Gasteiger partial charge in [0.15, 0.2) is 0 Å². The Bertz CT molecular complexity index is 1160. The van der Waals surface area contributed by atoms with Crippen LogP contribution in [0.3, 0.4) is 0 Å². The molecule has 0 radical (unpaired) electrons. The summed E-state index contributed by atoms with van der Waals surface area (Å²) in [5.74, 6) is 0.321. The molecule has 0 aromatic heterocycles. The van der Waals surface area contributed by atoms with Crippen molar-refractivity contribution in [3.8, 4) is 5.75 Å². The summed E-state index contributed by atoms with van der Waals surface area (Å²) in [5, 5.41) is 2.69. The summed E-state index contributed by atoms with van der Waals surface area (Å²) in [7, 11) is -0.695. The van der Waals surface area contributed by atoms with Gasteiger partial charge in [-0.2, -0.15) is 0 Å². The third-order valence-electron chi connectivity index (χ3n) is 4.40. The van der Waals surface area contributed by atoms with E-state index in [1.54, 1.807) is 55.7 Å². The zero-order valence-corrected chi connectivity index (χ0v) is 17.5. The molecule has 0 aliphatic rings. The number of benzene rings is 3. The molecule has 0 spiro atoms. The zero-order valence-electron chi connectivity index (χ0n) is 16.6. The molecule has 3 aromatic carbocycles. The molecule has 1 amide bonds. The van der Waals surface area contributed by atoms with E-state index in [2.05, 4.69) is 5.32 Å². The van der Waals surface area contributed by atoms with Gasteiger partial charge < -0.3 is 10.1 Å². The summed E-state index contributed by atoms with van der Waals surface area (Å²) in [6.07, 6.45) is 3.04. The summed E-state index contributed by atoms with van der Waals surface area (Å²) in [4.78, 5) is 12.4. The first-order valence-corrected chi connectivity index (χ1v) is 10.6. The van der Waals surface area contributed by atoms with Gasteiger partial charge in [-0.25, -0.2) is 8.42 Å². The summed E-state index contributed by atoms with van der Waals surface area (Å²) in [6.45, 7) is 0. The van der Waals surface area contributed by atoms with Crippen molar-refractivity contribution in [1.82, 2.24) is 0 Å². The van der Waals surface area contributed by atoms with Crippen molar-refractivity contribution < 1.29 is 17.9 Å². The molecule has 0 bridgehead atoms. The van der Waals surface area contributed by atoms with Crippen molar-refractivity contribution in [2.24, 2.45) is 0 Å². The highest BCUT2D eigenvalue weighted by atomic mass is 32.2. The highest BCUT2D eigenvalue weighted by molar-refractivity contribution is 7.92. The maximum atomic E-state index is 12.9. The predicted octanol–water partition coefficient (Wildman–Crippen LogP) is 4.17. The largest absolute Gasteiger partial charge is 0.497 e. The second-order valence-corrected chi connectivity index (χ2v) is 8.40. The molecule has 0 heterocycles. The van der Waals surface area contributed by atoms with Crippen molar-refractivity contribution in [2.45, 2.75) is 4.90 Å². The number of rotatable bonds is 7. The Labute approximate surface area is 176 Å². The van der Waals surface area contributed by atoms with Crippen molar-refractivity contribution >= 4 is 33.4 Å². The van der Waals surface area contributed by atoms with Crippen molar-refractivity contribution in [1.29, 1.82) is 0 Å². The molecular weight excluding hydrogens is 400 g/mol. The average Bonchev–Trinajstić information content (AvgIpc) is 2.78. The van der Waals surface area contributed by atoms with E-state index in [1.807, 2.05) is 24.3 Å². The lowest BCUT2D eigenvalue weighted by atomic mass is 10.2. The van der Waals surface area contributed by atoms with Crippen molar-refractivity contribution in [3.63, 3.8) is 0 Å². The number of methoxy groups -OCH3 is 1. The van der Waals surface area contributed by atoms with E-state index in [0.29, 0.717) is 17.1 Å². The average molecular weight is 423 g/mol. The first kappa shape index (κ1) is 21.1. The fourth-order valence-corrected chi connectivity index (χ4v) is 4.01. The highest BCUT2D eigenvalue weighted by Crippen LogP contribution is 2.23. The molecule has 0 unspecified atom stereocenters. The van der Waals surface area contributed by atoms with Crippen LogP contribution >= 0.6 is 0 Å². The molecule has 0 saturated heterocycles. The van der Waals surface area contributed by atoms with E-state index < -0.39 is 10.0 Å². The van der Waals surface area contributed by atoms with Gasteiger partial charge in [0.2, 0.25) is 5.91 Å². The van der Waals surface area contributed by atoms with Gasteiger partial charge in [0.1, 0.15) is 5.75 Å². The quantitative estimate of drug-likeness (QED) is 0.580. The molecule has 0 aliphatic heterocycles. The topological polar surface area (TPSA) is 75.7 Å². The smallest absolute Gasteiger partial charge is 0.264 e. The van der Waals surface area contributed by atoms with Crippen LogP contribution in [-0.2, 0) is 14.8 Å². The minimum Gasteiger partial charge on any atom is -0.497 e. The number of hydrogen-bond donors (Lipinski definition) is 1. The predicted molar refractivity (Wildman–Crippen MR) is 119 cm³/mol. The number of nitrogens with one attached hydrogen (secondary N) is 1. The van der Waals surface area contributed by atoms with E-state index in [-0.39, 0.29) is 10.8 Å². The minimum absolute atomic E-state index is 0.0865. The molecule has 0 fully saturated rings. The standard InChI is InChI=1S/C23H22N2O4S/c1-25(20-10-4-3-5-11-20)30(27,28)22-13-7-9-19(17-22)24-23(26)15-14-18-8-6-12-21(16-18)29-2/h3-17H,1-2H3,(H,24,26)/b15-14+. The van der Waals surface area contributed by atoms with Gasteiger partial charge in [-0.05, 0) is 54.1 Å². The number of nitrogens with zero attached hydrogens (tertiary/aromatic N) is 1. The van der Waals surface area contributed by atoms with Gasteiger partial charge in [-0.1, -0.05) is 36.4 Å². The number of carbonyl (C=O) groups is 1. The van der Waals surface area contributed by atoms with Crippen LogP contribution in [0.5, 0.6) is 5.75 Å². The molecule has 30 heavy (non-hydrogen) atoms. The van der Waals surface area contributed by atoms with Crippen LogP contribution in [0.2, 0.25) is 0 Å². The van der Waals surface area contributed by atoms with Gasteiger partial charge >= 0.3 is 0 Å². The first-order chi connectivity index (χ1) is 14.4. The molecule has 7 heteroatoms. The highest BCUT2D eigenvalue weighted by Gasteiger charge is 2.21. The molecule has 154 valence electrons. The van der Waals surface area contributed by atoms with E-state index in [1.165, 1.54) is 29.6 Å². The SMILES string of the molecule is COc1cccc(/C=C/C(=O)Nc2cccc(S(=O)(=O)N(C)c3ccccc3)c2)c1. The number of para-hydroxylation sites is 1. The molecule has 0 aliphatic carbocycles. The second-order valence-electron chi connectivity index (χ2n) is 6.44. The minimum atomic E-state index is -3.76. The van der Waals surface area contributed by atoms with Gasteiger partial charge in [-0.15, -0.1) is 0 Å². The Morgan fingerprint density at radius 3 is 2.43 bits per heavy atom. The van der Waals surface area contributed by atoms with Gasteiger partial charge in [0, 0.05) is 18.8 Å². The van der Waals surface area contributed by atoms with Crippen LogP contribution in [0.15, 0.2) is 89.8 Å². The fourth-order valence-electron chi connectivity index (χ4n) is 2.77. The molecule has 0 saturated carbocycles. The van der Waals surface area contributed by atoms with E-state index in [4.69, 9.17) is 4.74 Å². The Balaban J connectivity index is 1.75. The zero-order chi connectivity index (χ0) is 21.6. The second kappa shape index (κ2) is 9.28. The third-order valence-corrected chi connectivity index (χ3v) is 6.18. The summed E-state index contributed by atoms with van der Waals surface area (Å²) >= 11 is 0. The van der Waals surface area contributed by atoms with Gasteiger partial charge in [0.25, 0.3) is 10.0 Å². The Hall–Kier alpha value is -3.58. The Morgan fingerprint density at radius 1 is 0.967 bits per heavy atom. The number of amides is 1. The van der Waals surface area contributed by atoms with Crippen LogP contribution < -0.4 is 14.4 Å². The van der Waals surface area contributed by atoms with Crippen LogP contribution in [-0.4, -0.2) is 28.5 Å². The molecule has 3 rings (SSSR count). The van der Waals surface area contributed by atoms with E-state index >= 15 is 0 Å². The maximum Gasteiger partial charge on any atom is 0.264 e. The third kappa shape index (κ3) is 5.07. The molecular formula is C23H22N2O4S. The number of sulfonamides is 1. The van der Waals surface area contributed by atoms with Crippen LogP contribution in [0.25, 0.3) is 6.08 Å². The van der Waals surface area contributed by atoms with Crippen LogP contribution in [0.1, 0.15) is 5.56 Å². The summed E-state index contributed by atoms with van der Waals surface area (Å²) in [5.41, 5.74) is 1.75. The van der Waals surface area contributed by atoms with Crippen molar-refractivity contribution in [2.75, 3.05) is 23.8 Å². The fraction of sp³-hybridized carbons (Fsp3) is 0.0870. The normalized spacial score (nSPS) is 11.3. The number of anilines is 2. The lowest BCUT2D eigenvalue weighted by Gasteiger charge is -2.19. The maximum absolute atomic E-state index is 12.9. The molecule has 0 atom stereocenters. The summed E-state index contributed by atoms with van der Waals surface area (Å²) in [6, 6.07) is 22.2. The van der Waals surface area contributed by atoms with Crippen LogP contribution in [0, 0.1) is 0 Å². The number of carbonyl (C=O) groups excluding carboxylic acids is 1. The lowest BCUT2D eigenvalue weighted by Crippen LogP contribution is -2.26. The Kier molecular flexibility index (Phi) is 6.54. The monoisotopic (exact) mass is 422 g/mol. The lowest BCUT2D eigenvalue weighted by molar-refractivity contribution is -0.111. The number of hydrogen-bond acceptors (Lipinski definition) is 4. The van der Waals surface area contributed by atoms with Gasteiger partial charge in [-0.3, -0.25) is 9.10 Å². The summed E-state index contributed by atoms with van der Waals surface area (Å²) < 4.78 is 32.2.